The van der Waals surface area contributed by atoms with Gasteiger partial charge >= 0.3 is 0 Å². The number of benzene rings is 1. The molecule has 1 aromatic heterocycles. The fourth-order valence-electron chi connectivity index (χ4n) is 2.05. The molecule has 5 nitrogen and oxygen atoms in total. The van der Waals surface area contributed by atoms with E-state index in [0.29, 0.717) is 17.7 Å². The number of nitrogens with two attached hydrogens (primary N) is 1. The van der Waals surface area contributed by atoms with Crippen LogP contribution in [0.15, 0.2) is 45.9 Å². The summed E-state index contributed by atoms with van der Waals surface area (Å²) in [5.41, 5.74) is 5.88. The maximum absolute atomic E-state index is 13.3. The molecule has 7 heteroatoms. The van der Waals surface area contributed by atoms with Crippen molar-refractivity contribution in [1.82, 2.24) is 4.72 Å². The third-order valence-corrected chi connectivity index (χ3v) is 4.65. The Balaban J connectivity index is 2.20. The molecule has 1 unspecified atom stereocenters. The third-order valence-electron chi connectivity index (χ3n) is 2.98. The average molecular weight is 312 g/mol. The van der Waals surface area contributed by atoms with Gasteiger partial charge in [0.15, 0.2) is 0 Å². The molecule has 1 atom stereocenters. The summed E-state index contributed by atoms with van der Waals surface area (Å²) in [4.78, 5) is -0.128. The van der Waals surface area contributed by atoms with E-state index >= 15 is 0 Å². The van der Waals surface area contributed by atoms with Crippen LogP contribution >= 0.6 is 0 Å². The Morgan fingerprint density at radius 3 is 2.76 bits per heavy atom. The molecule has 0 aliphatic heterocycles. The Morgan fingerprint density at radius 1 is 1.38 bits per heavy atom. The minimum absolute atomic E-state index is 0.0170. The van der Waals surface area contributed by atoms with Crippen molar-refractivity contribution >= 4 is 10.0 Å². The van der Waals surface area contributed by atoms with E-state index in [2.05, 4.69) is 4.72 Å². The van der Waals surface area contributed by atoms with Gasteiger partial charge in [0.05, 0.1) is 11.2 Å². The molecular weight excluding hydrogens is 295 g/mol. The SMILES string of the molecule is CC(Cc1ccco1)NS(=O)(=O)c1cc(F)ccc1CN. The molecule has 21 heavy (non-hydrogen) atoms. The molecular formula is C14H17FN2O3S. The molecule has 114 valence electrons. The van der Waals surface area contributed by atoms with Crippen LogP contribution in [0.2, 0.25) is 0 Å². The van der Waals surface area contributed by atoms with Gasteiger partial charge in [0.25, 0.3) is 0 Å². The number of sulfonamides is 1. The van der Waals surface area contributed by atoms with Crippen LogP contribution in [0.5, 0.6) is 0 Å². The Bertz CT molecular complexity index is 699. The van der Waals surface area contributed by atoms with E-state index in [1.165, 1.54) is 18.4 Å². The number of nitrogens with one attached hydrogen (secondary N) is 1. The van der Waals surface area contributed by atoms with E-state index in [-0.39, 0.29) is 11.4 Å². The average Bonchev–Trinajstić information content (AvgIpc) is 2.90. The van der Waals surface area contributed by atoms with Gasteiger partial charge in [0.1, 0.15) is 11.6 Å². The number of furan rings is 1. The number of halogens is 1. The molecule has 1 heterocycles. The third kappa shape index (κ3) is 3.90. The Kier molecular flexibility index (Phi) is 4.76. The lowest BCUT2D eigenvalue weighted by atomic mass is 10.2. The molecule has 0 saturated carbocycles. The second kappa shape index (κ2) is 6.38. The molecule has 0 spiro atoms. The van der Waals surface area contributed by atoms with Crippen molar-refractivity contribution in [2.75, 3.05) is 0 Å². The van der Waals surface area contributed by atoms with Crippen LogP contribution in [0.25, 0.3) is 0 Å². The molecule has 1 aromatic carbocycles. The number of rotatable bonds is 6. The normalized spacial score (nSPS) is 13.3. The van der Waals surface area contributed by atoms with Crippen LogP contribution in [0, 0.1) is 5.82 Å². The first-order valence-corrected chi connectivity index (χ1v) is 7.94. The minimum atomic E-state index is -3.84. The summed E-state index contributed by atoms with van der Waals surface area (Å²) in [6.45, 7) is 1.73. The first-order valence-electron chi connectivity index (χ1n) is 6.45. The maximum atomic E-state index is 13.3. The van der Waals surface area contributed by atoms with E-state index in [4.69, 9.17) is 10.2 Å². The summed E-state index contributed by atoms with van der Waals surface area (Å²) < 4.78 is 45.7. The summed E-state index contributed by atoms with van der Waals surface area (Å²) in [5.74, 6) is 0.0507. The zero-order valence-electron chi connectivity index (χ0n) is 11.5. The molecule has 0 fully saturated rings. The Hall–Kier alpha value is -1.70. The maximum Gasteiger partial charge on any atom is 0.241 e. The number of hydrogen-bond acceptors (Lipinski definition) is 4. The first kappa shape index (κ1) is 15.7. The quantitative estimate of drug-likeness (QED) is 0.851. The summed E-state index contributed by atoms with van der Waals surface area (Å²) in [5, 5.41) is 0. The van der Waals surface area contributed by atoms with E-state index in [1.54, 1.807) is 19.1 Å². The van der Waals surface area contributed by atoms with Gasteiger partial charge < -0.3 is 10.2 Å². The molecule has 0 aliphatic rings. The van der Waals surface area contributed by atoms with Crippen LogP contribution in [-0.4, -0.2) is 14.5 Å². The molecule has 0 amide bonds. The highest BCUT2D eigenvalue weighted by molar-refractivity contribution is 7.89. The molecule has 2 aromatic rings. The lowest BCUT2D eigenvalue weighted by Crippen LogP contribution is -2.34. The van der Waals surface area contributed by atoms with Crippen LogP contribution in [-0.2, 0) is 23.0 Å². The number of hydrogen-bond donors (Lipinski definition) is 2. The van der Waals surface area contributed by atoms with Crippen molar-refractivity contribution in [3.05, 3.63) is 53.7 Å². The van der Waals surface area contributed by atoms with Gasteiger partial charge in [-0.25, -0.2) is 17.5 Å². The molecule has 0 saturated heterocycles. The largest absolute Gasteiger partial charge is 0.469 e. The summed E-state index contributed by atoms with van der Waals surface area (Å²) in [7, 11) is -3.84. The topological polar surface area (TPSA) is 85.3 Å². The van der Waals surface area contributed by atoms with Crippen LogP contribution in [0.1, 0.15) is 18.2 Å². The summed E-state index contributed by atoms with van der Waals surface area (Å²) in [6, 6.07) is 6.64. The fourth-order valence-corrected chi connectivity index (χ4v) is 3.55. The van der Waals surface area contributed by atoms with Gasteiger partial charge in [-0.2, -0.15) is 0 Å². The van der Waals surface area contributed by atoms with Crippen molar-refractivity contribution in [2.24, 2.45) is 5.73 Å². The van der Waals surface area contributed by atoms with Gasteiger partial charge in [-0.1, -0.05) is 6.07 Å². The summed E-state index contributed by atoms with van der Waals surface area (Å²) >= 11 is 0. The Labute approximate surface area is 123 Å². The molecule has 0 radical (unpaired) electrons. The van der Waals surface area contributed by atoms with Gasteiger partial charge in [-0.05, 0) is 36.8 Å². The summed E-state index contributed by atoms with van der Waals surface area (Å²) in [6.07, 6.45) is 1.93. The lowest BCUT2D eigenvalue weighted by molar-refractivity contribution is 0.478. The zero-order chi connectivity index (χ0) is 15.5. The van der Waals surface area contributed by atoms with E-state index in [1.807, 2.05) is 0 Å². The van der Waals surface area contributed by atoms with Crippen molar-refractivity contribution in [3.63, 3.8) is 0 Å². The lowest BCUT2D eigenvalue weighted by Gasteiger charge is -2.15. The first-order chi connectivity index (χ1) is 9.92. The van der Waals surface area contributed by atoms with Gasteiger partial charge in [0, 0.05) is 19.0 Å². The monoisotopic (exact) mass is 312 g/mol. The molecule has 0 bridgehead atoms. The minimum Gasteiger partial charge on any atom is -0.469 e. The van der Waals surface area contributed by atoms with E-state index < -0.39 is 21.9 Å². The molecule has 2 rings (SSSR count). The zero-order valence-corrected chi connectivity index (χ0v) is 12.4. The van der Waals surface area contributed by atoms with Crippen LogP contribution in [0.3, 0.4) is 0 Å². The predicted molar refractivity (Wildman–Crippen MR) is 76.5 cm³/mol. The molecule has 3 N–H and O–H groups in total. The predicted octanol–water partition coefficient (Wildman–Crippen LogP) is 1.79. The fraction of sp³-hybridized carbons (Fsp3) is 0.286. The van der Waals surface area contributed by atoms with Crippen molar-refractivity contribution < 1.29 is 17.2 Å². The van der Waals surface area contributed by atoms with Gasteiger partial charge in [0.2, 0.25) is 10.0 Å². The van der Waals surface area contributed by atoms with E-state index in [0.717, 1.165) is 6.07 Å². The second-order valence-corrected chi connectivity index (χ2v) is 6.44. The van der Waals surface area contributed by atoms with Crippen LogP contribution in [0.4, 0.5) is 4.39 Å². The highest BCUT2D eigenvalue weighted by Gasteiger charge is 2.21. The van der Waals surface area contributed by atoms with Crippen molar-refractivity contribution in [2.45, 2.75) is 30.8 Å². The van der Waals surface area contributed by atoms with Gasteiger partial charge in [-0.15, -0.1) is 0 Å². The second-order valence-electron chi connectivity index (χ2n) is 4.76. The van der Waals surface area contributed by atoms with E-state index in [9.17, 15) is 12.8 Å². The van der Waals surface area contributed by atoms with Crippen LogP contribution < -0.4 is 10.5 Å². The molecule has 0 aliphatic carbocycles. The highest BCUT2D eigenvalue weighted by atomic mass is 32.2. The highest BCUT2D eigenvalue weighted by Crippen LogP contribution is 2.18. The Morgan fingerprint density at radius 2 is 2.14 bits per heavy atom. The van der Waals surface area contributed by atoms with Crippen molar-refractivity contribution in [3.8, 4) is 0 Å². The van der Waals surface area contributed by atoms with Crippen molar-refractivity contribution in [1.29, 1.82) is 0 Å². The van der Waals surface area contributed by atoms with Gasteiger partial charge in [-0.3, -0.25) is 0 Å². The smallest absolute Gasteiger partial charge is 0.241 e. The standard InChI is InChI=1S/C14H17FN2O3S/c1-10(7-13-3-2-6-20-13)17-21(18,19)14-8-12(15)5-4-11(14)9-16/h2-6,8,10,17H,7,9,16H2,1H3.